The summed E-state index contributed by atoms with van der Waals surface area (Å²) in [5.41, 5.74) is 5.67. The second-order valence-corrected chi connectivity index (χ2v) is 11.9. The summed E-state index contributed by atoms with van der Waals surface area (Å²) in [5, 5.41) is 3.25. The van der Waals surface area contributed by atoms with Crippen molar-refractivity contribution in [3.63, 3.8) is 0 Å². The number of nitrogens with one attached hydrogen (secondary N) is 1. The summed E-state index contributed by atoms with van der Waals surface area (Å²) in [6.07, 6.45) is 5.35. The van der Waals surface area contributed by atoms with Crippen LogP contribution in [0.4, 0.5) is 0 Å². The number of nitrogens with zero attached hydrogens (tertiary/aromatic N) is 2. The molecule has 0 aliphatic rings. The summed E-state index contributed by atoms with van der Waals surface area (Å²) in [6.45, 7) is 5.36. The van der Waals surface area contributed by atoms with Gasteiger partial charge in [-0.2, -0.15) is 8.42 Å². The van der Waals surface area contributed by atoms with Gasteiger partial charge in [-0.25, -0.2) is 4.31 Å². The Morgan fingerprint density at radius 2 is 1.92 bits per heavy atom. The number of aromatic nitrogens is 1. The molecule has 2 N–H and O–H groups in total. The van der Waals surface area contributed by atoms with Crippen molar-refractivity contribution in [2.24, 2.45) is 0 Å². The molecule has 3 aromatic rings. The molecular weight excluding hydrogens is 530 g/mol. The highest BCUT2D eigenvalue weighted by Crippen LogP contribution is 2.31. The molecule has 7 nitrogen and oxygen atoms in total. The SMILES string of the molecule is Cc1cnccc1-c1cccc(CCN(CCCC(=O)NCCS(=O)(=O)O)Sc2cccc(Cl)c2C)c1. The molecule has 0 radical (unpaired) electrons. The van der Waals surface area contributed by atoms with Crippen molar-refractivity contribution in [2.75, 3.05) is 25.4 Å². The van der Waals surface area contributed by atoms with Crippen molar-refractivity contribution in [3.05, 3.63) is 82.6 Å². The maximum absolute atomic E-state index is 12.1. The van der Waals surface area contributed by atoms with Crippen LogP contribution in [0.5, 0.6) is 0 Å². The van der Waals surface area contributed by atoms with Gasteiger partial charge in [0.15, 0.2) is 0 Å². The predicted molar refractivity (Wildman–Crippen MR) is 150 cm³/mol. The molecule has 37 heavy (non-hydrogen) atoms. The minimum atomic E-state index is -4.09. The molecule has 3 rings (SSSR count). The summed E-state index contributed by atoms with van der Waals surface area (Å²) in [6, 6.07) is 16.4. The van der Waals surface area contributed by atoms with Crippen LogP contribution in [0.25, 0.3) is 11.1 Å². The molecule has 0 saturated heterocycles. The Labute approximate surface area is 228 Å². The Kier molecular flexibility index (Phi) is 11.0. The van der Waals surface area contributed by atoms with Crippen LogP contribution in [0, 0.1) is 13.8 Å². The normalized spacial score (nSPS) is 11.6. The minimum Gasteiger partial charge on any atom is -0.355 e. The lowest BCUT2D eigenvalue weighted by Crippen LogP contribution is -2.29. The van der Waals surface area contributed by atoms with E-state index in [-0.39, 0.29) is 18.9 Å². The summed E-state index contributed by atoms with van der Waals surface area (Å²) >= 11 is 7.96. The van der Waals surface area contributed by atoms with Crippen molar-refractivity contribution in [1.29, 1.82) is 0 Å². The first-order chi connectivity index (χ1) is 17.6. The van der Waals surface area contributed by atoms with E-state index in [0.29, 0.717) is 18.0 Å². The van der Waals surface area contributed by atoms with Gasteiger partial charge in [-0.3, -0.25) is 14.3 Å². The maximum Gasteiger partial charge on any atom is 0.266 e. The van der Waals surface area contributed by atoms with E-state index in [1.807, 2.05) is 37.4 Å². The molecule has 0 spiro atoms. The van der Waals surface area contributed by atoms with Crippen LogP contribution >= 0.6 is 23.5 Å². The zero-order valence-corrected chi connectivity index (χ0v) is 23.4. The van der Waals surface area contributed by atoms with E-state index in [2.05, 4.69) is 45.8 Å². The Balaban J connectivity index is 1.64. The molecule has 0 unspecified atom stereocenters. The lowest BCUT2D eigenvalue weighted by atomic mass is 9.99. The number of pyridine rings is 1. The Morgan fingerprint density at radius 1 is 1.14 bits per heavy atom. The molecular formula is C27H32ClN3O4S2. The van der Waals surface area contributed by atoms with Crippen LogP contribution in [0.3, 0.4) is 0 Å². The minimum absolute atomic E-state index is 0.106. The number of halogens is 1. The number of carbonyl (C=O) groups is 1. The lowest BCUT2D eigenvalue weighted by Gasteiger charge is -2.22. The van der Waals surface area contributed by atoms with Gasteiger partial charge >= 0.3 is 0 Å². The van der Waals surface area contributed by atoms with Crippen LogP contribution < -0.4 is 5.32 Å². The van der Waals surface area contributed by atoms with E-state index in [1.54, 1.807) is 18.1 Å². The molecule has 0 saturated carbocycles. The van der Waals surface area contributed by atoms with Gasteiger partial charge in [0.25, 0.3) is 10.1 Å². The number of benzene rings is 2. The Bertz CT molecular complexity index is 1320. The second kappa shape index (κ2) is 13.9. The third-order valence-electron chi connectivity index (χ3n) is 5.85. The predicted octanol–water partition coefficient (Wildman–Crippen LogP) is 5.35. The summed E-state index contributed by atoms with van der Waals surface area (Å²) in [5.74, 6) is -0.736. The van der Waals surface area contributed by atoms with E-state index < -0.39 is 15.9 Å². The van der Waals surface area contributed by atoms with E-state index in [4.69, 9.17) is 16.2 Å². The highest BCUT2D eigenvalue weighted by atomic mass is 35.5. The number of hydrogen-bond donors (Lipinski definition) is 2. The van der Waals surface area contributed by atoms with E-state index in [1.165, 1.54) is 5.56 Å². The standard InChI is InChI=1S/C27H32ClN3O4S2/c1-20-19-29-13-11-24(20)23-7-3-6-22(18-23)12-16-31(36-26-9-4-8-25(28)21(26)2)15-5-10-27(32)30-14-17-37(33,34)35/h3-4,6-9,11,13,18-19H,5,10,12,14-17H2,1-2H3,(H,30,32)(H,33,34,35). The number of rotatable bonds is 13. The maximum atomic E-state index is 12.1. The van der Waals surface area contributed by atoms with Crippen molar-refractivity contribution in [2.45, 2.75) is 38.0 Å². The molecule has 1 aromatic heterocycles. The fourth-order valence-electron chi connectivity index (χ4n) is 3.80. The molecule has 0 aliphatic carbocycles. The molecule has 0 bridgehead atoms. The van der Waals surface area contributed by atoms with Crippen molar-refractivity contribution >= 4 is 39.6 Å². The van der Waals surface area contributed by atoms with Gasteiger partial charge in [0.1, 0.15) is 0 Å². The number of carbonyl (C=O) groups excluding carboxylic acids is 1. The molecule has 1 heterocycles. The quantitative estimate of drug-likeness (QED) is 0.214. The number of aryl methyl sites for hydroxylation is 1. The molecule has 10 heteroatoms. The largest absolute Gasteiger partial charge is 0.355 e. The second-order valence-electron chi connectivity index (χ2n) is 8.76. The van der Waals surface area contributed by atoms with E-state index in [9.17, 15) is 13.2 Å². The summed E-state index contributed by atoms with van der Waals surface area (Å²) in [7, 11) is -4.09. The van der Waals surface area contributed by atoms with Crippen molar-refractivity contribution < 1.29 is 17.8 Å². The van der Waals surface area contributed by atoms with E-state index >= 15 is 0 Å². The first-order valence-corrected chi connectivity index (χ1v) is 14.8. The van der Waals surface area contributed by atoms with Gasteiger partial charge in [0.2, 0.25) is 5.91 Å². The highest BCUT2D eigenvalue weighted by Gasteiger charge is 2.13. The zero-order chi connectivity index (χ0) is 26.8. The van der Waals surface area contributed by atoms with Gasteiger partial charge < -0.3 is 5.32 Å². The Hall–Kier alpha value is -2.43. The molecule has 198 valence electrons. The third kappa shape index (κ3) is 9.75. The average Bonchev–Trinajstić information content (AvgIpc) is 2.85. The van der Waals surface area contributed by atoms with Crippen molar-refractivity contribution in [3.8, 4) is 11.1 Å². The lowest BCUT2D eigenvalue weighted by molar-refractivity contribution is -0.121. The highest BCUT2D eigenvalue weighted by molar-refractivity contribution is 7.97. The molecule has 1 amide bonds. The van der Waals surface area contributed by atoms with Crippen molar-refractivity contribution in [1.82, 2.24) is 14.6 Å². The van der Waals surface area contributed by atoms with Gasteiger partial charge in [-0.1, -0.05) is 41.9 Å². The van der Waals surface area contributed by atoms with Gasteiger partial charge in [0, 0.05) is 48.4 Å². The third-order valence-corrected chi connectivity index (χ3v) is 8.24. The molecule has 0 atom stereocenters. The molecule has 2 aromatic carbocycles. The number of amides is 1. The number of hydrogen-bond acceptors (Lipinski definition) is 6. The molecule has 0 fully saturated rings. The van der Waals surface area contributed by atoms with Crippen LogP contribution in [-0.4, -0.2) is 53.6 Å². The smallest absolute Gasteiger partial charge is 0.266 e. The van der Waals surface area contributed by atoms with Gasteiger partial charge in [0.05, 0.1) is 5.75 Å². The fraction of sp³-hybridized carbons (Fsp3) is 0.333. The van der Waals surface area contributed by atoms with Gasteiger partial charge in [-0.15, -0.1) is 0 Å². The fourth-order valence-corrected chi connectivity index (χ4v) is 5.46. The summed E-state index contributed by atoms with van der Waals surface area (Å²) in [4.78, 5) is 17.4. The first-order valence-electron chi connectivity index (χ1n) is 12.0. The van der Waals surface area contributed by atoms with Gasteiger partial charge in [-0.05, 0) is 84.7 Å². The summed E-state index contributed by atoms with van der Waals surface area (Å²) < 4.78 is 32.7. The topological polar surface area (TPSA) is 99.6 Å². The van der Waals surface area contributed by atoms with Crippen LogP contribution in [-0.2, 0) is 21.3 Å². The van der Waals surface area contributed by atoms with E-state index in [0.717, 1.165) is 40.1 Å². The van der Waals surface area contributed by atoms with Crippen LogP contribution in [0.2, 0.25) is 5.02 Å². The monoisotopic (exact) mass is 561 g/mol. The Morgan fingerprint density at radius 3 is 2.68 bits per heavy atom. The first kappa shape index (κ1) is 29.1. The zero-order valence-electron chi connectivity index (χ0n) is 21.0. The van der Waals surface area contributed by atoms with Crippen LogP contribution in [0.15, 0.2) is 65.8 Å². The molecule has 0 aliphatic heterocycles. The average molecular weight is 562 g/mol. The van der Waals surface area contributed by atoms with Crippen LogP contribution in [0.1, 0.15) is 29.5 Å².